The van der Waals surface area contributed by atoms with Gasteiger partial charge in [-0.3, -0.25) is 4.79 Å². The van der Waals surface area contributed by atoms with Crippen molar-refractivity contribution in [2.45, 2.75) is 19.3 Å². The second kappa shape index (κ2) is 6.72. The molecule has 116 valence electrons. The molecule has 0 atom stereocenters. The zero-order chi connectivity index (χ0) is 16.2. The Morgan fingerprint density at radius 3 is 2.41 bits per heavy atom. The van der Waals surface area contributed by atoms with E-state index in [0.717, 1.165) is 5.56 Å². The maximum atomic E-state index is 11.4. The van der Waals surface area contributed by atoms with Crippen LogP contribution in [-0.4, -0.2) is 14.2 Å². The second-order valence-electron chi connectivity index (χ2n) is 4.96. The Kier molecular flexibility index (Phi) is 4.95. The highest BCUT2D eigenvalue weighted by molar-refractivity contribution is 7.88. The largest absolute Gasteiger partial charge is 0.489 e. The van der Waals surface area contributed by atoms with Crippen LogP contribution in [0.4, 0.5) is 0 Å². The van der Waals surface area contributed by atoms with Gasteiger partial charge in [-0.2, -0.15) is 0 Å². The number of rotatable bonds is 6. The van der Waals surface area contributed by atoms with E-state index < -0.39 is 10.0 Å². The fraction of sp³-hybridized carbons (Fsp3) is 0.188. The lowest BCUT2D eigenvalue weighted by atomic mass is 10.1. The molecule has 22 heavy (non-hydrogen) atoms. The van der Waals surface area contributed by atoms with E-state index in [9.17, 15) is 13.2 Å². The lowest BCUT2D eigenvalue weighted by Crippen LogP contribution is -2.15. The summed E-state index contributed by atoms with van der Waals surface area (Å²) in [4.78, 5) is 11.4. The van der Waals surface area contributed by atoms with Gasteiger partial charge in [-0.15, -0.1) is 0 Å². The first-order valence-corrected chi connectivity index (χ1v) is 8.38. The van der Waals surface area contributed by atoms with Crippen molar-refractivity contribution in [1.29, 1.82) is 0 Å². The Balaban J connectivity index is 2.27. The van der Waals surface area contributed by atoms with Gasteiger partial charge in [0.1, 0.15) is 12.4 Å². The van der Waals surface area contributed by atoms with Gasteiger partial charge in [-0.1, -0.05) is 30.3 Å². The Morgan fingerprint density at radius 1 is 1.14 bits per heavy atom. The molecule has 0 spiro atoms. The first-order chi connectivity index (χ1) is 10.3. The van der Waals surface area contributed by atoms with Crippen LogP contribution in [0, 0.1) is 0 Å². The summed E-state index contributed by atoms with van der Waals surface area (Å²) >= 11 is 0. The summed E-state index contributed by atoms with van der Waals surface area (Å²) in [5, 5.41) is 5.10. The predicted octanol–water partition coefficient (Wildman–Crippen LogP) is 2.26. The molecule has 2 rings (SSSR count). The van der Waals surface area contributed by atoms with E-state index in [1.54, 1.807) is 12.1 Å². The molecule has 2 N–H and O–H groups in total. The molecule has 0 fully saturated rings. The number of benzene rings is 2. The molecule has 6 heteroatoms. The molecule has 0 aliphatic heterocycles. The van der Waals surface area contributed by atoms with Gasteiger partial charge in [0.05, 0.1) is 5.75 Å². The predicted molar refractivity (Wildman–Crippen MR) is 84.0 cm³/mol. The molecule has 0 aliphatic rings. The van der Waals surface area contributed by atoms with Crippen LogP contribution in [0.2, 0.25) is 0 Å². The molecule has 2 aromatic rings. The number of nitrogens with two attached hydrogens (primary N) is 1. The van der Waals surface area contributed by atoms with Crippen LogP contribution in [0.1, 0.15) is 28.4 Å². The minimum atomic E-state index is -3.72. The van der Waals surface area contributed by atoms with E-state index in [0.29, 0.717) is 23.5 Å². The number of carbonyl (C=O) groups is 1. The van der Waals surface area contributed by atoms with E-state index in [2.05, 4.69) is 0 Å². The molecular weight excluding hydrogens is 302 g/mol. The summed E-state index contributed by atoms with van der Waals surface area (Å²) in [5.74, 6) is -0.119. The van der Waals surface area contributed by atoms with Crippen LogP contribution in [-0.2, 0) is 22.4 Å². The summed E-state index contributed by atoms with van der Waals surface area (Å²) in [5.41, 5.74) is 1.76. The molecule has 0 heterocycles. The summed E-state index contributed by atoms with van der Waals surface area (Å²) in [6.45, 7) is 1.72. The average molecular weight is 319 g/mol. The third-order valence-electron chi connectivity index (χ3n) is 3.06. The van der Waals surface area contributed by atoms with Crippen LogP contribution >= 0.6 is 0 Å². The number of carbonyl (C=O) groups excluding carboxylic acids is 1. The third kappa shape index (κ3) is 4.68. The van der Waals surface area contributed by atoms with E-state index >= 15 is 0 Å². The summed E-state index contributed by atoms with van der Waals surface area (Å²) in [6.07, 6.45) is 0. The number of hydrogen-bond donors (Lipinski definition) is 1. The van der Waals surface area contributed by atoms with Crippen molar-refractivity contribution in [3.05, 3.63) is 65.2 Å². The highest BCUT2D eigenvalue weighted by atomic mass is 32.2. The van der Waals surface area contributed by atoms with Crippen molar-refractivity contribution in [2.75, 3.05) is 0 Å². The highest BCUT2D eigenvalue weighted by Gasteiger charge is 2.13. The van der Waals surface area contributed by atoms with Gasteiger partial charge in [0.15, 0.2) is 5.78 Å². The quantitative estimate of drug-likeness (QED) is 0.827. The fourth-order valence-electron chi connectivity index (χ4n) is 2.00. The molecule has 0 unspecified atom stereocenters. The summed E-state index contributed by atoms with van der Waals surface area (Å²) < 4.78 is 28.4. The van der Waals surface area contributed by atoms with Gasteiger partial charge in [-0.05, 0) is 30.7 Å². The molecule has 0 bridgehead atoms. The molecule has 0 aromatic heterocycles. The fourth-order valence-corrected chi connectivity index (χ4v) is 2.66. The van der Waals surface area contributed by atoms with Gasteiger partial charge in [0, 0.05) is 11.1 Å². The normalized spacial score (nSPS) is 11.2. The highest BCUT2D eigenvalue weighted by Crippen LogP contribution is 2.23. The number of ether oxygens (including phenoxy) is 1. The number of hydrogen-bond acceptors (Lipinski definition) is 4. The first kappa shape index (κ1) is 16.2. The molecule has 0 aliphatic carbocycles. The lowest BCUT2D eigenvalue weighted by Gasteiger charge is -2.12. The molecule has 5 nitrogen and oxygen atoms in total. The number of sulfonamides is 1. The first-order valence-electron chi connectivity index (χ1n) is 6.66. The zero-order valence-electron chi connectivity index (χ0n) is 12.2. The number of Topliss-reactive ketones (excluding diaryl/α,β-unsaturated/α-hetero) is 1. The molecule has 2 aromatic carbocycles. The SMILES string of the molecule is CC(=O)c1ccc(OCc2ccccc2)c(CS(N)(=O)=O)c1. The lowest BCUT2D eigenvalue weighted by molar-refractivity contribution is 0.101. The smallest absolute Gasteiger partial charge is 0.213 e. The van der Waals surface area contributed by atoms with E-state index in [1.165, 1.54) is 13.0 Å². The van der Waals surface area contributed by atoms with Crippen LogP contribution in [0.3, 0.4) is 0 Å². The zero-order valence-corrected chi connectivity index (χ0v) is 13.0. The van der Waals surface area contributed by atoms with Crippen molar-refractivity contribution in [3.63, 3.8) is 0 Å². The van der Waals surface area contributed by atoms with Gasteiger partial charge < -0.3 is 4.74 Å². The summed E-state index contributed by atoms with van der Waals surface area (Å²) in [7, 11) is -3.72. The molecule has 0 amide bonds. The van der Waals surface area contributed by atoms with Gasteiger partial charge in [-0.25, -0.2) is 13.6 Å². The van der Waals surface area contributed by atoms with Crippen molar-refractivity contribution in [1.82, 2.24) is 0 Å². The molecular formula is C16H17NO4S. The average Bonchev–Trinajstić information content (AvgIpc) is 2.45. The topological polar surface area (TPSA) is 86.5 Å². The van der Waals surface area contributed by atoms with Crippen molar-refractivity contribution >= 4 is 15.8 Å². The number of ketones is 1. The minimum Gasteiger partial charge on any atom is -0.489 e. The van der Waals surface area contributed by atoms with E-state index in [4.69, 9.17) is 9.88 Å². The maximum absolute atomic E-state index is 11.4. The maximum Gasteiger partial charge on any atom is 0.213 e. The molecule has 0 saturated carbocycles. The summed E-state index contributed by atoms with van der Waals surface area (Å²) in [6, 6.07) is 14.2. The van der Waals surface area contributed by atoms with Gasteiger partial charge in [0.25, 0.3) is 0 Å². The monoisotopic (exact) mass is 319 g/mol. The van der Waals surface area contributed by atoms with Crippen LogP contribution in [0.5, 0.6) is 5.75 Å². The van der Waals surface area contributed by atoms with Crippen molar-refractivity contribution in [3.8, 4) is 5.75 Å². The Hall–Kier alpha value is -2.18. The van der Waals surface area contributed by atoms with Gasteiger partial charge >= 0.3 is 0 Å². The standard InChI is InChI=1S/C16H17NO4S/c1-12(18)14-7-8-16(15(9-14)11-22(17,19)20)21-10-13-5-3-2-4-6-13/h2-9H,10-11H2,1H3,(H2,17,19,20). The molecule has 0 radical (unpaired) electrons. The van der Waals surface area contributed by atoms with Crippen molar-refractivity contribution < 1.29 is 17.9 Å². The van der Waals surface area contributed by atoms with Gasteiger partial charge in [0.2, 0.25) is 10.0 Å². The van der Waals surface area contributed by atoms with Crippen LogP contribution in [0.25, 0.3) is 0 Å². The van der Waals surface area contributed by atoms with Crippen molar-refractivity contribution in [2.24, 2.45) is 5.14 Å². The molecule has 0 saturated heterocycles. The van der Waals surface area contributed by atoms with Crippen LogP contribution < -0.4 is 9.88 Å². The second-order valence-corrected chi connectivity index (χ2v) is 6.57. The van der Waals surface area contributed by atoms with E-state index in [1.807, 2.05) is 30.3 Å². The van der Waals surface area contributed by atoms with E-state index in [-0.39, 0.29) is 11.5 Å². The Labute approximate surface area is 129 Å². The van der Waals surface area contributed by atoms with Crippen LogP contribution in [0.15, 0.2) is 48.5 Å². The Morgan fingerprint density at radius 2 is 1.82 bits per heavy atom. The number of primary sulfonamides is 1. The Bertz CT molecular complexity index is 770. The minimum absolute atomic E-state index is 0.148. The third-order valence-corrected chi connectivity index (χ3v) is 3.77.